The number of halogens is 3. The topological polar surface area (TPSA) is 64.6 Å². The lowest BCUT2D eigenvalue weighted by atomic mass is 10.2. The third-order valence-electron chi connectivity index (χ3n) is 3.50. The number of nitrogens with one attached hydrogen (secondary N) is 1. The molecular formula is C19H18Cl3NO4. The fourth-order valence-electron chi connectivity index (χ4n) is 2.08. The molecule has 2 aromatic rings. The number of hydrogen-bond acceptors (Lipinski definition) is 4. The Morgan fingerprint density at radius 1 is 1.04 bits per heavy atom. The molecule has 0 aliphatic heterocycles. The Labute approximate surface area is 172 Å². The molecule has 0 unspecified atom stereocenters. The highest BCUT2D eigenvalue weighted by Gasteiger charge is 2.09. The zero-order valence-corrected chi connectivity index (χ0v) is 16.8. The molecular weight excluding hydrogens is 413 g/mol. The molecule has 0 radical (unpaired) electrons. The highest BCUT2D eigenvalue weighted by molar-refractivity contribution is 6.35. The molecule has 1 N–H and O–H groups in total. The molecule has 0 heterocycles. The van der Waals surface area contributed by atoms with Gasteiger partial charge in [0.1, 0.15) is 5.75 Å². The van der Waals surface area contributed by atoms with E-state index >= 15 is 0 Å². The summed E-state index contributed by atoms with van der Waals surface area (Å²) in [6.45, 7) is 1.78. The average Bonchev–Trinajstić information content (AvgIpc) is 2.61. The first-order chi connectivity index (χ1) is 12.8. The van der Waals surface area contributed by atoms with Crippen LogP contribution >= 0.6 is 34.8 Å². The van der Waals surface area contributed by atoms with Crippen LogP contribution in [0, 0.1) is 6.92 Å². The molecule has 0 atom stereocenters. The average molecular weight is 431 g/mol. The second kappa shape index (κ2) is 10.4. The minimum atomic E-state index is -0.488. The SMILES string of the molecule is Cc1ccc(NC(=O)COC(=O)CCCOc2ccc(Cl)cc2Cl)cc1Cl. The van der Waals surface area contributed by atoms with E-state index in [0.29, 0.717) is 32.9 Å². The number of amides is 1. The zero-order valence-electron chi connectivity index (χ0n) is 14.6. The van der Waals surface area contributed by atoms with E-state index in [0.717, 1.165) is 5.56 Å². The van der Waals surface area contributed by atoms with Crippen LogP contribution in [0.3, 0.4) is 0 Å². The number of rotatable bonds is 8. The van der Waals surface area contributed by atoms with Crippen molar-refractivity contribution < 1.29 is 19.1 Å². The quantitative estimate of drug-likeness (QED) is 0.456. The lowest BCUT2D eigenvalue weighted by Gasteiger charge is -2.09. The van der Waals surface area contributed by atoms with Gasteiger partial charge in [-0.15, -0.1) is 0 Å². The summed E-state index contributed by atoms with van der Waals surface area (Å²) < 4.78 is 10.4. The Hall–Kier alpha value is -1.95. The summed E-state index contributed by atoms with van der Waals surface area (Å²) in [5.41, 5.74) is 1.45. The van der Waals surface area contributed by atoms with E-state index in [1.54, 1.807) is 36.4 Å². The minimum absolute atomic E-state index is 0.120. The third-order valence-corrected chi connectivity index (χ3v) is 4.43. The molecule has 0 bridgehead atoms. The number of anilines is 1. The van der Waals surface area contributed by atoms with E-state index in [4.69, 9.17) is 44.3 Å². The summed E-state index contributed by atoms with van der Waals surface area (Å²) in [6.07, 6.45) is 0.543. The largest absolute Gasteiger partial charge is 0.492 e. The van der Waals surface area contributed by atoms with E-state index in [2.05, 4.69) is 5.32 Å². The number of ether oxygens (including phenoxy) is 2. The molecule has 0 saturated heterocycles. The summed E-state index contributed by atoms with van der Waals surface area (Å²) in [6, 6.07) is 10.0. The lowest BCUT2D eigenvalue weighted by Crippen LogP contribution is -2.21. The van der Waals surface area contributed by atoms with Crippen LogP contribution < -0.4 is 10.1 Å². The molecule has 0 spiro atoms. The van der Waals surface area contributed by atoms with Gasteiger partial charge in [-0.3, -0.25) is 9.59 Å². The Kier molecular flexibility index (Phi) is 8.23. The van der Waals surface area contributed by atoms with Crippen LogP contribution in [0.4, 0.5) is 5.69 Å². The van der Waals surface area contributed by atoms with Gasteiger partial charge in [0, 0.05) is 22.2 Å². The molecule has 0 aliphatic carbocycles. The van der Waals surface area contributed by atoms with Gasteiger partial charge in [0.2, 0.25) is 0 Å². The van der Waals surface area contributed by atoms with Gasteiger partial charge in [-0.2, -0.15) is 0 Å². The fourth-order valence-corrected chi connectivity index (χ4v) is 2.72. The number of carbonyl (C=O) groups is 2. The smallest absolute Gasteiger partial charge is 0.306 e. The maximum Gasteiger partial charge on any atom is 0.306 e. The Balaban J connectivity index is 1.65. The molecule has 27 heavy (non-hydrogen) atoms. The van der Waals surface area contributed by atoms with Crippen molar-refractivity contribution in [3.05, 3.63) is 57.0 Å². The van der Waals surface area contributed by atoms with Crippen molar-refractivity contribution in [1.82, 2.24) is 0 Å². The van der Waals surface area contributed by atoms with Gasteiger partial charge in [-0.05, 0) is 49.2 Å². The van der Waals surface area contributed by atoms with Crippen LogP contribution in [-0.4, -0.2) is 25.1 Å². The predicted octanol–water partition coefficient (Wildman–Crippen LogP) is 5.30. The minimum Gasteiger partial charge on any atom is -0.492 e. The summed E-state index contributed by atoms with van der Waals surface area (Å²) in [4.78, 5) is 23.5. The van der Waals surface area contributed by atoms with Crippen LogP contribution in [0.15, 0.2) is 36.4 Å². The monoisotopic (exact) mass is 429 g/mol. The number of hydrogen-bond donors (Lipinski definition) is 1. The van der Waals surface area contributed by atoms with Gasteiger partial charge in [0.25, 0.3) is 5.91 Å². The fraction of sp³-hybridized carbons (Fsp3) is 0.263. The predicted molar refractivity (Wildman–Crippen MR) is 107 cm³/mol. The zero-order chi connectivity index (χ0) is 19.8. The van der Waals surface area contributed by atoms with Crippen LogP contribution in [0.25, 0.3) is 0 Å². The Morgan fingerprint density at radius 2 is 1.81 bits per heavy atom. The number of esters is 1. The summed E-state index contributed by atoms with van der Waals surface area (Å²) in [7, 11) is 0. The van der Waals surface area contributed by atoms with Crippen molar-refractivity contribution in [1.29, 1.82) is 0 Å². The van der Waals surface area contributed by atoms with Crippen molar-refractivity contribution in [2.24, 2.45) is 0 Å². The van der Waals surface area contributed by atoms with Crippen molar-refractivity contribution >= 4 is 52.4 Å². The standard InChI is InChI=1S/C19H18Cl3NO4/c1-12-4-6-14(10-15(12)21)23-18(24)11-27-19(25)3-2-8-26-17-7-5-13(20)9-16(17)22/h4-7,9-10H,2-3,8,11H2,1H3,(H,23,24). The van der Waals surface area contributed by atoms with E-state index in [1.165, 1.54) is 0 Å². The summed E-state index contributed by atoms with van der Waals surface area (Å²) in [5, 5.41) is 4.08. The van der Waals surface area contributed by atoms with Gasteiger partial charge in [0.05, 0.1) is 11.6 Å². The molecule has 0 saturated carbocycles. The van der Waals surface area contributed by atoms with E-state index in [-0.39, 0.29) is 19.6 Å². The van der Waals surface area contributed by atoms with Crippen LogP contribution in [0.5, 0.6) is 5.75 Å². The Bertz CT molecular complexity index is 827. The molecule has 0 aliphatic rings. The van der Waals surface area contributed by atoms with Gasteiger partial charge in [0.15, 0.2) is 6.61 Å². The van der Waals surface area contributed by atoms with Gasteiger partial charge in [-0.25, -0.2) is 0 Å². The molecule has 1 amide bonds. The molecule has 5 nitrogen and oxygen atoms in total. The first-order valence-electron chi connectivity index (χ1n) is 8.14. The van der Waals surface area contributed by atoms with Gasteiger partial charge >= 0.3 is 5.97 Å². The summed E-state index contributed by atoms with van der Waals surface area (Å²) in [5.74, 6) is -0.434. The molecule has 0 fully saturated rings. The maximum atomic E-state index is 11.8. The van der Waals surface area contributed by atoms with Gasteiger partial charge in [-0.1, -0.05) is 40.9 Å². The van der Waals surface area contributed by atoms with Crippen LogP contribution in [-0.2, 0) is 14.3 Å². The first kappa shape index (κ1) is 21.4. The second-order valence-electron chi connectivity index (χ2n) is 5.70. The third kappa shape index (κ3) is 7.29. The van der Waals surface area contributed by atoms with Crippen molar-refractivity contribution in [2.45, 2.75) is 19.8 Å². The molecule has 2 aromatic carbocycles. The Morgan fingerprint density at radius 3 is 2.52 bits per heavy atom. The molecule has 144 valence electrons. The normalized spacial score (nSPS) is 10.4. The first-order valence-corrected chi connectivity index (χ1v) is 9.28. The van der Waals surface area contributed by atoms with Crippen molar-refractivity contribution in [2.75, 3.05) is 18.5 Å². The lowest BCUT2D eigenvalue weighted by molar-refractivity contribution is -0.147. The summed E-state index contributed by atoms with van der Waals surface area (Å²) >= 11 is 17.8. The number of carbonyl (C=O) groups excluding carboxylic acids is 2. The van der Waals surface area contributed by atoms with Crippen molar-refractivity contribution in [3.63, 3.8) is 0 Å². The highest BCUT2D eigenvalue weighted by atomic mass is 35.5. The molecule has 2 rings (SSSR count). The molecule has 8 heteroatoms. The van der Waals surface area contributed by atoms with E-state index in [1.807, 2.05) is 6.92 Å². The molecule has 0 aromatic heterocycles. The van der Waals surface area contributed by atoms with Crippen molar-refractivity contribution in [3.8, 4) is 5.75 Å². The van der Waals surface area contributed by atoms with Gasteiger partial charge < -0.3 is 14.8 Å². The van der Waals surface area contributed by atoms with E-state index in [9.17, 15) is 9.59 Å². The number of aryl methyl sites for hydroxylation is 1. The highest BCUT2D eigenvalue weighted by Crippen LogP contribution is 2.27. The van der Waals surface area contributed by atoms with Crippen LogP contribution in [0.2, 0.25) is 15.1 Å². The second-order valence-corrected chi connectivity index (χ2v) is 6.95. The van der Waals surface area contributed by atoms with Crippen LogP contribution in [0.1, 0.15) is 18.4 Å². The van der Waals surface area contributed by atoms with E-state index < -0.39 is 11.9 Å². The maximum absolute atomic E-state index is 11.8. The number of benzene rings is 2.